The van der Waals surface area contributed by atoms with E-state index in [9.17, 15) is 0 Å². The predicted octanol–water partition coefficient (Wildman–Crippen LogP) is 13.7. The van der Waals surface area contributed by atoms with E-state index in [4.69, 9.17) is 4.98 Å². The summed E-state index contributed by atoms with van der Waals surface area (Å²) in [6.45, 7) is 29.0. The average Bonchev–Trinajstić information content (AvgIpc) is 3.58. The van der Waals surface area contributed by atoms with Crippen LogP contribution in [0.2, 0.25) is 0 Å². The molecule has 60 heavy (non-hydrogen) atoms. The van der Waals surface area contributed by atoms with Gasteiger partial charge in [-0.15, -0.1) is 11.3 Å². The Morgan fingerprint density at radius 1 is 0.650 bits per heavy atom. The van der Waals surface area contributed by atoms with Crippen LogP contribution in [0.5, 0.6) is 0 Å². The van der Waals surface area contributed by atoms with Gasteiger partial charge in [-0.1, -0.05) is 120 Å². The maximum absolute atomic E-state index is 5.48. The second-order valence-corrected chi connectivity index (χ2v) is 23.5. The molecule has 0 amide bonds. The number of unbranched alkanes of at least 4 members (excludes halogenated alkanes) is 1. The Labute approximate surface area is 364 Å². The van der Waals surface area contributed by atoms with E-state index in [-0.39, 0.29) is 33.8 Å². The zero-order valence-corrected chi connectivity index (χ0v) is 39.2. The minimum atomic E-state index is 0.0608. The molecule has 0 fully saturated rings. The van der Waals surface area contributed by atoms with Gasteiger partial charge in [-0.25, -0.2) is 4.98 Å². The lowest BCUT2D eigenvalue weighted by Gasteiger charge is -2.47. The summed E-state index contributed by atoms with van der Waals surface area (Å²) in [6.07, 6.45) is 10.3. The Bertz CT molecular complexity index is 2710. The van der Waals surface area contributed by atoms with Gasteiger partial charge in [-0.3, -0.25) is 4.90 Å². The highest BCUT2D eigenvalue weighted by molar-refractivity contribution is 7.33. The van der Waals surface area contributed by atoms with Crippen molar-refractivity contribution in [3.8, 4) is 0 Å². The van der Waals surface area contributed by atoms with Crippen LogP contribution in [0.4, 0.5) is 34.3 Å². The topological polar surface area (TPSA) is 19.4 Å². The summed E-state index contributed by atoms with van der Waals surface area (Å²) < 4.78 is 2.79. The quantitative estimate of drug-likeness (QED) is 0.161. The van der Waals surface area contributed by atoms with Gasteiger partial charge in [0.1, 0.15) is 5.82 Å². The van der Waals surface area contributed by atoms with Gasteiger partial charge in [-0.2, -0.15) is 0 Å². The van der Waals surface area contributed by atoms with Crippen molar-refractivity contribution < 1.29 is 0 Å². The van der Waals surface area contributed by atoms with Gasteiger partial charge in [0.25, 0.3) is 6.71 Å². The van der Waals surface area contributed by atoms with Crippen LogP contribution in [0.3, 0.4) is 0 Å². The fraction of sp³-hybridized carbons (Fsp3) is 0.436. The summed E-state index contributed by atoms with van der Waals surface area (Å²) in [6, 6.07) is 31.8. The summed E-state index contributed by atoms with van der Waals surface area (Å²) in [5.41, 5.74) is 18.3. The SMILES string of the molecule is CCCCc1ccc2sc3c(c2c1)N(c1ccc(C(C)(C)C)cc1)c1ccnc2c1B3c1cc3c(cc1N2c1ccc2c(c1)C(C)(C)CCC2(C)C)C(C)(C)CCC3(C)C. The first-order valence-corrected chi connectivity index (χ1v) is 23.7. The van der Waals surface area contributed by atoms with Gasteiger partial charge in [0, 0.05) is 43.8 Å². The van der Waals surface area contributed by atoms with Gasteiger partial charge >= 0.3 is 0 Å². The summed E-state index contributed by atoms with van der Waals surface area (Å²) in [5.74, 6) is 1.06. The van der Waals surface area contributed by atoms with Crippen molar-refractivity contribution >= 4 is 78.1 Å². The number of nitrogens with zero attached hydrogens (tertiary/aromatic N) is 3. The van der Waals surface area contributed by atoms with Crippen LogP contribution < -0.4 is 25.5 Å². The standard InChI is InChI=1S/C55H64BN3S/c1-13-14-15-34-16-23-46-38(30-34)48-49(60-46)56-43-32-41-42(55(11,12)28-27-54(41,9)10)33-45(43)59(37-21-22-39-40(31-37)53(7,8)26-25-52(39,5)6)50-47(56)44(24-29-57-50)58(48)36-19-17-35(18-20-36)51(2,3)4/h16-24,29-33H,13-15,25-28H2,1-12H3. The van der Waals surface area contributed by atoms with E-state index in [0.717, 1.165) is 12.2 Å². The third-order valence-electron chi connectivity index (χ3n) is 15.4. The molecule has 0 bridgehead atoms. The highest BCUT2D eigenvalue weighted by Crippen LogP contribution is 2.53. The average molecular weight is 810 g/mol. The fourth-order valence-electron chi connectivity index (χ4n) is 11.3. The summed E-state index contributed by atoms with van der Waals surface area (Å²) in [4.78, 5) is 10.7. The zero-order chi connectivity index (χ0) is 42.3. The lowest BCUT2D eigenvalue weighted by Crippen LogP contribution is -2.61. The molecular formula is C55H64BN3S. The number of aromatic nitrogens is 1. The molecule has 0 saturated heterocycles. The molecule has 10 rings (SSSR count). The highest BCUT2D eigenvalue weighted by atomic mass is 32.1. The van der Waals surface area contributed by atoms with Crippen molar-refractivity contribution in [1.82, 2.24) is 4.98 Å². The first-order valence-electron chi connectivity index (χ1n) is 22.9. The molecule has 3 nitrogen and oxygen atoms in total. The highest BCUT2D eigenvalue weighted by Gasteiger charge is 2.48. The van der Waals surface area contributed by atoms with Crippen molar-refractivity contribution in [1.29, 1.82) is 0 Å². The zero-order valence-electron chi connectivity index (χ0n) is 38.4. The Morgan fingerprint density at radius 2 is 1.27 bits per heavy atom. The van der Waals surface area contributed by atoms with Gasteiger partial charge in [-0.05, 0) is 158 Å². The number of aryl methyl sites for hydroxylation is 1. The first kappa shape index (κ1) is 39.8. The molecule has 0 saturated carbocycles. The van der Waals surface area contributed by atoms with E-state index < -0.39 is 0 Å². The largest absolute Gasteiger partial charge is 0.310 e. The molecule has 0 N–H and O–H groups in total. The maximum Gasteiger partial charge on any atom is 0.266 e. The molecule has 0 radical (unpaired) electrons. The molecule has 2 aliphatic heterocycles. The summed E-state index contributed by atoms with van der Waals surface area (Å²) in [7, 11) is 0. The monoisotopic (exact) mass is 809 g/mol. The van der Waals surface area contributed by atoms with Crippen LogP contribution in [-0.2, 0) is 33.5 Å². The Kier molecular flexibility index (Phi) is 8.83. The molecule has 308 valence electrons. The third kappa shape index (κ3) is 5.99. The molecule has 5 heteroatoms. The Balaban J connectivity index is 1.30. The number of hydrogen-bond acceptors (Lipinski definition) is 4. The van der Waals surface area contributed by atoms with Gasteiger partial charge in [0.15, 0.2) is 0 Å². The molecule has 0 spiro atoms. The minimum absolute atomic E-state index is 0.0608. The lowest BCUT2D eigenvalue weighted by atomic mass is 9.36. The van der Waals surface area contributed by atoms with Crippen LogP contribution in [0.25, 0.3) is 10.1 Å². The van der Waals surface area contributed by atoms with Crippen LogP contribution in [0, 0.1) is 0 Å². The summed E-state index contributed by atoms with van der Waals surface area (Å²) >= 11 is 2.00. The van der Waals surface area contributed by atoms with Crippen molar-refractivity contribution in [3.63, 3.8) is 0 Å². The van der Waals surface area contributed by atoms with Gasteiger partial charge < -0.3 is 4.90 Å². The van der Waals surface area contributed by atoms with Crippen molar-refractivity contribution in [3.05, 3.63) is 118 Å². The predicted molar refractivity (Wildman–Crippen MR) is 262 cm³/mol. The molecule has 2 aliphatic carbocycles. The van der Waals surface area contributed by atoms with E-state index in [1.54, 1.807) is 0 Å². The molecule has 0 unspecified atom stereocenters. The molecule has 6 aromatic rings. The second-order valence-electron chi connectivity index (χ2n) is 22.4. The Morgan fingerprint density at radius 3 is 1.92 bits per heavy atom. The number of benzene rings is 4. The smallest absolute Gasteiger partial charge is 0.266 e. The summed E-state index contributed by atoms with van der Waals surface area (Å²) in [5, 5.41) is 1.37. The van der Waals surface area contributed by atoms with Crippen LogP contribution >= 0.6 is 11.3 Å². The number of hydrogen-bond donors (Lipinski definition) is 0. The normalized spacial score (nSPS) is 19.0. The van der Waals surface area contributed by atoms with Gasteiger partial charge in [0.05, 0.1) is 5.69 Å². The van der Waals surface area contributed by atoms with E-state index in [0.29, 0.717) is 0 Å². The third-order valence-corrected chi connectivity index (χ3v) is 16.6. The first-order chi connectivity index (χ1) is 28.3. The van der Waals surface area contributed by atoms with E-state index in [1.165, 1.54) is 126 Å². The molecule has 4 aliphatic rings. The second kappa shape index (κ2) is 13.3. The minimum Gasteiger partial charge on any atom is -0.310 e. The van der Waals surface area contributed by atoms with E-state index in [1.807, 2.05) is 11.3 Å². The fourth-order valence-corrected chi connectivity index (χ4v) is 12.6. The van der Waals surface area contributed by atoms with Gasteiger partial charge in [0.2, 0.25) is 0 Å². The molecule has 0 atom stereocenters. The van der Waals surface area contributed by atoms with Crippen LogP contribution in [-0.4, -0.2) is 11.7 Å². The van der Waals surface area contributed by atoms with Crippen LogP contribution in [0.15, 0.2) is 85.1 Å². The molecule has 4 aromatic carbocycles. The maximum atomic E-state index is 5.48. The molecular weight excluding hydrogens is 746 g/mol. The van der Waals surface area contributed by atoms with Crippen molar-refractivity contribution in [2.24, 2.45) is 0 Å². The molecule has 4 heterocycles. The van der Waals surface area contributed by atoms with Crippen molar-refractivity contribution in [2.45, 2.75) is 155 Å². The molecule has 2 aromatic heterocycles. The van der Waals surface area contributed by atoms with E-state index >= 15 is 0 Å². The lowest BCUT2D eigenvalue weighted by molar-refractivity contribution is 0.332. The number of rotatable bonds is 5. The van der Waals surface area contributed by atoms with Crippen LogP contribution in [0.1, 0.15) is 155 Å². The van der Waals surface area contributed by atoms with E-state index in [2.05, 4.69) is 178 Å². The Hall–Kier alpha value is -4.35. The number of anilines is 6. The number of thiophene rings is 1. The number of fused-ring (bicyclic) bond motifs is 8. The number of pyridine rings is 1. The van der Waals surface area contributed by atoms with Crippen molar-refractivity contribution in [2.75, 3.05) is 9.80 Å².